The van der Waals surface area contributed by atoms with Crippen LogP contribution in [0.1, 0.15) is 40.0 Å². The Bertz CT molecular complexity index is 129. The average molecular weight is 152 g/mol. The fourth-order valence-corrected chi connectivity index (χ4v) is 0.902. The molecule has 0 aromatic carbocycles. The third-order valence-corrected chi connectivity index (χ3v) is 1.92. The van der Waals surface area contributed by atoms with Crippen molar-refractivity contribution in [2.24, 2.45) is 5.92 Å². The lowest BCUT2D eigenvalue weighted by Crippen LogP contribution is -1.91. The number of hydrogen-bond donors (Lipinski definition) is 0. The van der Waals surface area contributed by atoms with E-state index < -0.39 is 0 Å². The van der Waals surface area contributed by atoms with E-state index in [0.717, 1.165) is 0 Å². The molecule has 0 rings (SSSR count). The normalized spacial score (nSPS) is 11.3. The van der Waals surface area contributed by atoms with Crippen molar-refractivity contribution >= 4 is 0 Å². The van der Waals surface area contributed by atoms with E-state index in [0.29, 0.717) is 5.92 Å². The zero-order chi connectivity index (χ0) is 8.69. The highest BCUT2D eigenvalue weighted by atomic mass is 14.0. The van der Waals surface area contributed by atoms with Gasteiger partial charge in [0.05, 0.1) is 0 Å². The van der Waals surface area contributed by atoms with Crippen LogP contribution in [0, 0.1) is 5.92 Å². The van der Waals surface area contributed by atoms with E-state index in [2.05, 4.69) is 39.5 Å². The van der Waals surface area contributed by atoms with Crippen LogP contribution < -0.4 is 0 Å². The molecule has 0 heteroatoms. The van der Waals surface area contributed by atoms with Crippen molar-refractivity contribution in [3.8, 4) is 0 Å². The molecule has 0 saturated carbocycles. The van der Waals surface area contributed by atoms with E-state index in [9.17, 15) is 0 Å². The van der Waals surface area contributed by atoms with Crippen molar-refractivity contribution in [2.45, 2.75) is 40.0 Å². The van der Waals surface area contributed by atoms with Gasteiger partial charge in [0.2, 0.25) is 0 Å². The summed E-state index contributed by atoms with van der Waals surface area (Å²) >= 11 is 0. The molecule has 0 aromatic heterocycles. The maximum absolute atomic E-state index is 4.03. The summed E-state index contributed by atoms with van der Waals surface area (Å²) in [6.07, 6.45) is 7.96. The Morgan fingerprint density at radius 2 is 2.09 bits per heavy atom. The molecule has 0 saturated heterocycles. The van der Waals surface area contributed by atoms with Crippen molar-refractivity contribution in [1.29, 1.82) is 0 Å². The molecule has 0 spiro atoms. The zero-order valence-electron chi connectivity index (χ0n) is 8.06. The number of allylic oxidation sites excluding steroid dienone is 3. The SMILES string of the molecule is C=C(CCC/C=C\C)C(C)C. The third-order valence-electron chi connectivity index (χ3n) is 1.92. The Kier molecular flexibility index (Phi) is 5.91. The Balaban J connectivity index is 3.32. The molecule has 11 heavy (non-hydrogen) atoms. The Morgan fingerprint density at radius 1 is 1.45 bits per heavy atom. The van der Waals surface area contributed by atoms with Gasteiger partial charge in [0.1, 0.15) is 0 Å². The molecule has 0 atom stereocenters. The van der Waals surface area contributed by atoms with Gasteiger partial charge in [-0.15, -0.1) is 0 Å². The second-order valence-corrected chi connectivity index (χ2v) is 3.27. The van der Waals surface area contributed by atoms with E-state index in [1.54, 1.807) is 0 Å². The minimum atomic E-state index is 0.653. The number of hydrogen-bond acceptors (Lipinski definition) is 0. The monoisotopic (exact) mass is 152 g/mol. The molecule has 0 aliphatic carbocycles. The first-order chi connectivity index (χ1) is 5.18. The molecule has 0 heterocycles. The molecule has 64 valence electrons. The quantitative estimate of drug-likeness (QED) is 0.413. The second kappa shape index (κ2) is 6.21. The van der Waals surface area contributed by atoms with Crippen LogP contribution in [0.2, 0.25) is 0 Å². The van der Waals surface area contributed by atoms with Gasteiger partial charge in [0.15, 0.2) is 0 Å². The summed E-state index contributed by atoms with van der Waals surface area (Å²) in [5.41, 5.74) is 1.38. The van der Waals surface area contributed by atoms with Crippen molar-refractivity contribution in [2.75, 3.05) is 0 Å². The standard InChI is InChI=1S/C11H20/c1-5-6-7-8-9-11(4)10(2)3/h5-6,10H,4,7-9H2,1-3H3/b6-5-. The molecule has 0 aromatic rings. The van der Waals surface area contributed by atoms with Crippen LogP contribution in [-0.4, -0.2) is 0 Å². The molecular weight excluding hydrogens is 132 g/mol. The van der Waals surface area contributed by atoms with Gasteiger partial charge in [0.25, 0.3) is 0 Å². The maximum Gasteiger partial charge on any atom is -0.0263 e. The summed E-state index contributed by atoms with van der Waals surface area (Å²) in [6.45, 7) is 10.5. The van der Waals surface area contributed by atoms with Gasteiger partial charge in [0, 0.05) is 0 Å². The summed E-state index contributed by atoms with van der Waals surface area (Å²) < 4.78 is 0. The van der Waals surface area contributed by atoms with Crippen molar-refractivity contribution in [3.63, 3.8) is 0 Å². The molecular formula is C11H20. The van der Waals surface area contributed by atoms with Crippen LogP contribution in [0.15, 0.2) is 24.3 Å². The predicted octanol–water partition coefficient (Wildman–Crippen LogP) is 3.95. The predicted molar refractivity (Wildman–Crippen MR) is 52.6 cm³/mol. The first-order valence-corrected chi connectivity index (χ1v) is 4.47. The molecule has 0 aliphatic heterocycles. The molecule has 0 aliphatic rings. The third kappa shape index (κ3) is 5.90. The van der Waals surface area contributed by atoms with Crippen LogP contribution in [0.25, 0.3) is 0 Å². The summed E-state index contributed by atoms with van der Waals surface area (Å²) in [4.78, 5) is 0. The van der Waals surface area contributed by atoms with E-state index in [-0.39, 0.29) is 0 Å². The van der Waals surface area contributed by atoms with Crippen LogP contribution >= 0.6 is 0 Å². The molecule has 0 unspecified atom stereocenters. The van der Waals surface area contributed by atoms with E-state index >= 15 is 0 Å². The fraction of sp³-hybridized carbons (Fsp3) is 0.636. The minimum Gasteiger partial charge on any atom is -0.0996 e. The molecule has 0 fully saturated rings. The van der Waals surface area contributed by atoms with E-state index in [1.807, 2.05) is 0 Å². The number of unbranched alkanes of at least 4 members (excludes halogenated alkanes) is 1. The first kappa shape index (κ1) is 10.5. The van der Waals surface area contributed by atoms with Crippen LogP contribution in [-0.2, 0) is 0 Å². The lowest BCUT2D eigenvalue weighted by Gasteiger charge is -2.07. The van der Waals surface area contributed by atoms with Crippen molar-refractivity contribution in [1.82, 2.24) is 0 Å². The molecule has 0 N–H and O–H groups in total. The van der Waals surface area contributed by atoms with Gasteiger partial charge >= 0.3 is 0 Å². The van der Waals surface area contributed by atoms with Crippen molar-refractivity contribution in [3.05, 3.63) is 24.3 Å². The lowest BCUT2D eigenvalue weighted by atomic mass is 9.99. The lowest BCUT2D eigenvalue weighted by molar-refractivity contribution is 0.690. The average Bonchev–Trinajstić information content (AvgIpc) is 1.97. The fourth-order valence-electron chi connectivity index (χ4n) is 0.902. The van der Waals surface area contributed by atoms with Gasteiger partial charge in [-0.1, -0.05) is 38.2 Å². The molecule has 0 radical (unpaired) electrons. The van der Waals surface area contributed by atoms with E-state index in [4.69, 9.17) is 0 Å². The van der Waals surface area contributed by atoms with E-state index in [1.165, 1.54) is 24.8 Å². The second-order valence-electron chi connectivity index (χ2n) is 3.27. The van der Waals surface area contributed by atoms with Gasteiger partial charge in [-0.05, 0) is 32.1 Å². The van der Waals surface area contributed by atoms with Crippen LogP contribution in [0.5, 0.6) is 0 Å². The maximum atomic E-state index is 4.03. The topological polar surface area (TPSA) is 0 Å². The van der Waals surface area contributed by atoms with Crippen LogP contribution in [0.3, 0.4) is 0 Å². The summed E-state index contributed by atoms with van der Waals surface area (Å²) in [5, 5.41) is 0. The van der Waals surface area contributed by atoms with Gasteiger partial charge in [-0.25, -0.2) is 0 Å². The largest absolute Gasteiger partial charge is 0.0996 e. The van der Waals surface area contributed by atoms with Crippen LogP contribution in [0.4, 0.5) is 0 Å². The molecule has 0 bridgehead atoms. The Hall–Kier alpha value is -0.520. The highest BCUT2D eigenvalue weighted by Gasteiger charge is 1.97. The summed E-state index contributed by atoms with van der Waals surface area (Å²) in [5.74, 6) is 0.653. The van der Waals surface area contributed by atoms with Gasteiger partial charge in [-0.2, -0.15) is 0 Å². The molecule has 0 amide bonds. The first-order valence-electron chi connectivity index (χ1n) is 4.47. The molecule has 0 nitrogen and oxygen atoms in total. The smallest absolute Gasteiger partial charge is 0.0263 e. The van der Waals surface area contributed by atoms with Crippen molar-refractivity contribution < 1.29 is 0 Å². The van der Waals surface area contributed by atoms with Gasteiger partial charge < -0.3 is 0 Å². The number of rotatable bonds is 5. The summed E-state index contributed by atoms with van der Waals surface area (Å²) in [7, 11) is 0. The van der Waals surface area contributed by atoms with Gasteiger partial charge in [-0.3, -0.25) is 0 Å². The highest BCUT2D eigenvalue weighted by Crippen LogP contribution is 2.14. The Morgan fingerprint density at radius 3 is 2.55 bits per heavy atom. The Labute approximate surface area is 71.0 Å². The zero-order valence-corrected chi connectivity index (χ0v) is 8.06. The summed E-state index contributed by atoms with van der Waals surface area (Å²) in [6, 6.07) is 0. The highest BCUT2D eigenvalue weighted by molar-refractivity contribution is 4.97. The minimum absolute atomic E-state index is 0.653.